The molecule has 25 heavy (non-hydrogen) atoms. The molecule has 0 atom stereocenters. The van der Waals surface area contributed by atoms with E-state index in [-0.39, 0.29) is 17.3 Å². The molecular formula is C17H14F2N2O2S2. The fourth-order valence-electron chi connectivity index (χ4n) is 2.30. The fourth-order valence-corrected chi connectivity index (χ4v) is 4.31. The molecule has 3 aromatic rings. The van der Waals surface area contributed by atoms with Gasteiger partial charge in [0.1, 0.15) is 21.9 Å². The fraction of sp³-hybridized carbons (Fsp3) is 0.235. The monoisotopic (exact) mass is 380 g/mol. The van der Waals surface area contributed by atoms with Crippen LogP contribution in [0.1, 0.15) is 20.8 Å². The summed E-state index contributed by atoms with van der Waals surface area (Å²) in [5, 5.41) is 1.77. The molecule has 8 heteroatoms. The maximum Gasteiger partial charge on any atom is 0.387 e. The highest BCUT2D eigenvalue weighted by Crippen LogP contribution is 2.34. The summed E-state index contributed by atoms with van der Waals surface area (Å²) in [4.78, 5) is 23.0. The molecule has 0 unspecified atom stereocenters. The van der Waals surface area contributed by atoms with Crippen LogP contribution in [0.5, 0.6) is 5.75 Å². The number of benzene rings is 1. The predicted molar refractivity (Wildman–Crippen MR) is 95.0 cm³/mol. The number of aryl methyl sites for hydroxylation is 2. The molecule has 0 saturated carbocycles. The Hall–Kier alpha value is -2.06. The van der Waals surface area contributed by atoms with Crippen molar-refractivity contribution in [1.29, 1.82) is 0 Å². The Balaban J connectivity index is 1.72. The summed E-state index contributed by atoms with van der Waals surface area (Å²) < 4.78 is 28.6. The first-order valence-corrected chi connectivity index (χ1v) is 9.17. The van der Waals surface area contributed by atoms with Crippen LogP contribution in [0.25, 0.3) is 10.2 Å². The summed E-state index contributed by atoms with van der Waals surface area (Å²) in [5.41, 5.74) is 1.57. The Labute approximate surface area is 151 Å². The number of ether oxygens (including phenoxy) is 1. The third kappa shape index (κ3) is 3.96. The second kappa shape index (κ2) is 7.45. The number of thiophene rings is 1. The number of Topliss-reactive ketones (excluding diaryl/α,β-unsaturated/α-hetero) is 1. The SMILES string of the molecule is Cc1sc2ncnc(SCC(=O)c3ccc(OC(F)F)cc3)c2c1C. The van der Waals surface area contributed by atoms with Crippen molar-refractivity contribution in [3.05, 3.63) is 46.6 Å². The molecule has 0 amide bonds. The van der Waals surface area contributed by atoms with Gasteiger partial charge in [-0.3, -0.25) is 4.79 Å². The number of alkyl halides is 2. The van der Waals surface area contributed by atoms with Crippen LogP contribution in [-0.2, 0) is 0 Å². The van der Waals surface area contributed by atoms with E-state index in [1.54, 1.807) is 11.3 Å². The molecular weight excluding hydrogens is 366 g/mol. The van der Waals surface area contributed by atoms with Gasteiger partial charge in [-0.15, -0.1) is 11.3 Å². The van der Waals surface area contributed by atoms with Crippen LogP contribution in [0, 0.1) is 13.8 Å². The molecule has 2 aromatic heterocycles. The van der Waals surface area contributed by atoms with Crippen molar-refractivity contribution in [1.82, 2.24) is 9.97 Å². The zero-order valence-electron chi connectivity index (χ0n) is 13.5. The van der Waals surface area contributed by atoms with Crippen LogP contribution >= 0.6 is 23.1 Å². The first-order chi connectivity index (χ1) is 12.0. The Morgan fingerprint density at radius 2 is 1.96 bits per heavy atom. The summed E-state index contributed by atoms with van der Waals surface area (Å²) in [5.74, 6) is 0.126. The number of nitrogens with zero attached hydrogens (tertiary/aromatic N) is 2. The zero-order chi connectivity index (χ0) is 18.0. The molecule has 0 bridgehead atoms. The molecule has 0 radical (unpaired) electrons. The topological polar surface area (TPSA) is 52.1 Å². The third-order valence-electron chi connectivity index (χ3n) is 3.67. The lowest BCUT2D eigenvalue weighted by Crippen LogP contribution is -2.04. The summed E-state index contributed by atoms with van der Waals surface area (Å²) in [6.07, 6.45) is 1.50. The highest BCUT2D eigenvalue weighted by molar-refractivity contribution is 8.00. The quantitative estimate of drug-likeness (QED) is 0.346. The van der Waals surface area contributed by atoms with Crippen molar-refractivity contribution in [3.8, 4) is 5.75 Å². The smallest absolute Gasteiger partial charge is 0.387 e. The lowest BCUT2D eigenvalue weighted by atomic mass is 10.1. The minimum atomic E-state index is -2.88. The maximum atomic E-state index is 12.3. The number of ketones is 1. The predicted octanol–water partition coefficient (Wildman–Crippen LogP) is 4.88. The lowest BCUT2D eigenvalue weighted by molar-refractivity contribution is -0.0498. The lowest BCUT2D eigenvalue weighted by Gasteiger charge is -2.06. The van der Waals surface area contributed by atoms with Crippen molar-refractivity contribution in [2.24, 2.45) is 0 Å². The van der Waals surface area contributed by atoms with Crippen LogP contribution in [0.2, 0.25) is 0 Å². The summed E-state index contributed by atoms with van der Waals surface area (Å²) >= 11 is 2.96. The molecule has 4 nitrogen and oxygen atoms in total. The summed E-state index contributed by atoms with van der Waals surface area (Å²) in [6, 6.07) is 5.69. The number of hydrogen-bond acceptors (Lipinski definition) is 6. The molecule has 2 heterocycles. The van der Waals surface area contributed by atoms with Crippen LogP contribution in [0.4, 0.5) is 8.78 Å². The number of hydrogen-bond donors (Lipinski definition) is 0. The van der Waals surface area contributed by atoms with Gasteiger partial charge >= 0.3 is 6.61 Å². The van der Waals surface area contributed by atoms with Crippen LogP contribution < -0.4 is 4.74 Å². The molecule has 130 valence electrons. The number of fused-ring (bicyclic) bond motifs is 1. The van der Waals surface area contributed by atoms with Crippen LogP contribution in [-0.4, -0.2) is 28.1 Å². The van der Waals surface area contributed by atoms with Gasteiger partial charge in [0.15, 0.2) is 5.78 Å². The first kappa shape index (κ1) is 17.8. The molecule has 0 aliphatic rings. The second-order valence-corrected chi connectivity index (χ2v) is 7.42. The average Bonchev–Trinajstić information content (AvgIpc) is 2.88. The van der Waals surface area contributed by atoms with Gasteiger partial charge in [-0.1, -0.05) is 11.8 Å². The number of aromatic nitrogens is 2. The Morgan fingerprint density at radius 3 is 2.64 bits per heavy atom. The molecule has 0 spiro atoms. The highest BCUT2D eigenvalue weighted by atomic mass is 32.2. The van der Waals surface area contributed by atoms with Crippen LogP contribution in [0.15, 0.2) is 35.6 Å². The van der Waals surface area contributed by atoms with Gasteiger partial charge in [-0.05, 0) is 43.7 Å². The van der Waals surface area contributed by atoms with E-state index in [0.29, 0.717) is 5.56 Å². The number of thioether (sulfide) groups is 1. The molecule has 0 saturated heterocycles. The average molecular weight is 380 g/mol. The van der Waals surface area contributed by atoms with E-state index in [2.05, 4.69) is 14.7 Å². The van der Waals surface area contributed by atoms with Gasteiger partial charge in [0.05, 0.1) is 5.75 Å². The minimum Gasteiger partial charge on any atom is -0.435 e. The van der Waals surface area contributed by atoms with Gasteiger partial charge in [-0.25, -0.2) is 9.97 Å². The van der Waals surface area contributed by atoms with E-state index in [1.807, 2.05) is 13.8 Å². The largest absolute Gasteiger partial charge is 0.435 e. The molecule has 0 N–H and O–H groups in total. The van der Waals surface area contributed by atoms with Gasteiger partial charge in [-0.2, -0.15) is 8.78 Å². The molecule has 0 aliphatic heterocycles. The second-order valence-electron chi connectivity index (χ2n) is 5.26. The summed E-state index contributed by atoms with van der Waals surface area (Å²) in [7, 11) is 0. The van der Waals surface area contributed by atoms with Crippen molar-refractivity contribution in [2.45, 2.75) is 25.5 Å². The van der Waals surface area contributed by atoms with Crippen molar-refractivity contribution in [3.63, 3.8) is 0 Å². The third-order valence-corrected chi connectivity index (χ3v) is 5.78. The van der Waals surface area contributed by atoms with Crippen molar-refractivity contribution < 1.29 is 18.3 Å². The van der Waals surface area contributed by atoms with E-state index in [1.165, 1.54) is 47.2 Å². The number of rotatable bonds is 6. The van der Waals surface area contributed by atoms with E-state index in [9.17, 15) is 13.6 Å². The van der Waals surface area contributed by atoms with Crippen molar-refractivity contribution >= 4 is 39.1 Å². The maximum absolute atomic E-state index is 12.3. The molecule has 0 aliphatic carbocycles. The number of halogens is 2. The van der Waals surface area contributed by atoms with E-state index < -0.39 is 6.61 Å². The minimum absolute atomic E-state index is 0.0288. The first-order valence-electron chi connectivity index (χ1n) is 7.37. The zero-order valence-corrected chi connectivity index (χ0v) is 15.1. The van der Waals surface area contributed by atoms with Gasteiger partial charge < -0.3 is 4.74 Å². The van der Waals surface area contributed by atoms with Crippen LogP contribution in [0.3, 0.4) is 0 Å². The molecule has 3 rings (SSSR count). The Morgan fingerprint density at radius 1 is 1.24 bits per heavy atom. The molecule has 0 fully saturated rings. The normalized spacial score (nSPS) is 11.2. The number of carbonyl (C=O) groups excluding carboxylic acids is 1. The van der Waals surface area contributed by atoms with E-state index >= 15 is 0 Å². The van der Waals surface area contributed by atoms with Crippen molar-refractivity contribution in [2.75, 3.05) is 5.75 Å². The van der Waals surface area contributed by atoms with Gasteiger partial charge in [0.25, 0.3) is 0 Å². The Bertz CT molecular complexity index is 911. The highest BCUT2D eigenvalue weighted by Gasteiger charge is 2.14. The van der Waals surface area contributed by atoms with Gasteiger partial charge in [0.2, 0.25) is 0 Å². The number of carbonyl (C=O) groups is 1. The molecule has 1 aromatic carbocycles. The van der Waals surface area contributed by atoms with E-state index in [0.717, 1.165) is 20.8 Å². The summed E-state index contributed by atoms with van der Waals surface area (Å²) in [6.45, 7) is 1.17. The van der Waals surface area contributed by atoms with E-state index in [4.69, 9.17) is 0 Å². The Kier molecular flexibility index (Phi) is 5.29. The standard InChI is InChI=1S/C17H14F2N2O2S2/c1-9-10(2)25-16-14(9)15(20-8-21-16)24-7-13(22)11-3-5-12(6-4-11)23-17(18)19/h3-6,8,17H,7H2,1-2H3. The van der Waals surface area contributed by atoms with Gasteiger partial charge in [0, 0.05) is 15.8 Å².